The number of carbonyl (C=O) groups is 1. The summed E-state index contributed by atoms with van der Waals surface area (Å²) in [6.45, 7) is 5.23. The lowest BCUT2D eigenvalue weighted by Gasteiger charge is -2.24. The van der Waals surface area contributed by atoms with Crippen LogP contribution < -0.4 is 11.1 Å². The Balaban J connectivity index is 0.00000324. The number of carbonyl (C=O) groups excluding carboxylic acids is 1. The van der Waals surface area contributed by atoms with E-state index in [2.05, 4.69) is 5.32 Å². The molecule has 108 valence electrons. The summed E-state index contributed by atoms with van der Waals surface area (Å²) in [7, 11) is 0. The quantitative estimate of drug-likeness (QED) is 0.896. The van der Waals surface area contributed by atoms with E-state index in [4.69, 9.17) is 5.73 Å². The zero-order valence-corrected chi connectivity index (χ0v) is 11.9. The van der Waals surface area contributed by atoms with Crippen molar-refractivity contribution >= 4 is 18.3 Å². The monoisotopic (exact) mass is 292 g/mol. The number of nitrogens with two attached hydrogens (primary N) is 1. The maximum Gasteiger partial charge on any atom is 0.237 e. The molecule has 0 saturated carbocycles. The number of hydrogen-bond acceptors (Lipinski definition) is 2. The summed E-state index contributed by atoms with van der Waals surface area (Å²) in [6, 6.07) is 2.13. The van der Waals surface area contributed by atoms with Gasteiger partial charge in [0.25, 0.3) is 0 Å². The van der Waals surface area contributed by atoms with E-state index >= 15 is 0 Å². The van der Waals surface area contributed by atoms with E-state index < -0.39 is 23.7 Å². The lowest BCUT2D eigenvalue weighted by molar-refractivity contribution is -0.123. The number of amides is 1. The molecule has 0 aromatic heterocycles. The third-order valence-electron chi connectivity index (χ3n) is 2.68. The van der Waals surface area contributed by atoms with Crippen molar-refractivity contribution in [3.63, 3.8) is 0 Å². The minimum atomic E-state index is -0.672. The normalized spacial score (nSPS) is 13.6. The van der Waals surface area contributed by atoms with Gasteiger partial charge in [-0.05, 0) is 18.9 Å². The maximum absolute atomic E-state index is 13.7. The van der Waals surface area contributed by atoms with Crippen LogP contribution in [0.4, 0.5) is 8.78 Å². The first kappa shape index (κ1) is 17.8. The molecular weight excluding hydrogens is 274 g/mol. The van der Waals surface area contributed by atoms with Crippen molar-refractivity contribution in [3.05, 3.63) is 35.4 Å². The van der Waals surface area contributed by atoms with Gasteiger partial charge in [-0.1, -0.05) is 19.9 Å². The molecule has 3 N–H and O–H groups in total. The molecule has 0 aliphatic rings. The molecular formula is C13H19ClF2N2O. The summed E-state index contributed by atoms with van der Waals surface area (Å²) in [4.78, 5) is 11.6. The average Bonchev–Trinajstić information content (AvgIpc) is 2.26. The van der Waals surface area contributed by atoms with Crippen molar-refractivity contribution in [1.29, 1.82) is 0 Å². The summed E-state index contributed by atoms with van der Waals surface area (Å²) in [5.74, 6) is -1.71. The molecule has 1 amide bonds. The smallest absolute Gasteiger partial charge is 0.237 e. The number of nitrogens with one attached hydrogen (secondary N) is 1. The zero-order chi connectivity index (χ0) is 13.9. The van der Waals surface area contributed by atoms with Gasteiger partial charge in [0.1, 0.15) is 11.6 Å². The van der Waals surface area contributed by atoms with Crippen molar-refractivity contribution in [1.82, 2.24) is 5.32 Å². The summed E-state index contributed by atoms with van der Waals surface area (Å²) in [6.07, 6.45) is 0. The molecule has 6 heteroatoms. The van der Waals surface area contributed by atoms with E-state index in [0.717, 1.165) is 6.07 Å². The lowest BCUT2D eigenvalue weighted by atomic mass is 9.95. The summed E-state index contributed by atoms with van der Waals surface area (Å²) in [5, 5.41) is 2.67. The second-order valence-corrected chi connectivity index (χ2v) is 4.68. The molecule has 0 radical (unpaired) electrons. The molecule has 1 aromatic rings. The van der Waals surface area contributed by atoms with E-state index in [1.165, 1.54) is 12.1 Å². The van der Waals surface area contributed by atoms with Crippen molar-refractivity contribution in [2.45, 2.75) is 32.9 Å². The second kappa shape index (κ2) is 7.40. The second-order valence-electron chi connectivity index (χ2n) is 4.68. The summed E-state index contributed by atoms with van der Waals surface area (Å²) >= 11 is 0. The van der Waals surface area contributed by atoms with Gasteiger partial charge in [0, 0.05) is 11.6 Å². The van der Waals surface area contributed by atoms with Crippen LogP contribution in [0.25, 0.3) is 0 Å². The van der Waals surface area contributed by atoms with Gasteiger partial charge in [0.15, 0.2) is 0 Å². The standard InChI is InChI=1S/C13H18F2N2O.ClH/c1-7(2)12(17-13(18)8(3)16)10-5-4-9(14)6-11(10)15;/h4-8,12H,16H2,1-3H3,(H,17,18);1H/t8-,12?;/m1./s1. The maximum atomic E-state index is 13.7. The largest absolute Gasteiger partial charge is 0.348 e. The number of benzene rings is 1. The van der Waals surface area contributed by atoms with Gasteiger partial charge in [-0.3, -0.25) is 4.79 Å². The van der Waals surface area contributed by atoms with Crippen molar-refractivity contribution < 1.29 is 13.6 Å². The van der Waals surface area contributed by atoms with E-state index in [0.29, 0.717) is 0 Å². The average molecular weight is 293 g/mol. The third kappa shape index (κ3) is 4.76. The lowest BCUT2D eigenvalue weighted by Crippen LogP contribution is -2.42. The number of hydrogen-bond donors (Lipinski definition) is 2. The Hall–Kier alpha value is -1.20. The molecule has 0 fully saturated rings. The molecule has 19 heavy (non-hydrogen) atoms. The van der Waals surface area contributed by atoms with Gasteiger partial charge in [-0.2, -0.15) is 0 Å². The van der Waals surface area contributed by atoms with Crippen LogP contribution in [0.15, 0.2) is 18.2 Å². The molecule has 1 unspecified atom stereocenters. The van der Waals surface area contributed by atoms with Gasteiger partial charge in [0.2, 0.25) is 5.91 Å². The van der Waals surface area contributed by atoms with Crippen molar-refractivity contribution in [2.75, 3.05) is 0 Å². The van der Waals surface area contributed by atoms with Crippen LogP contribution in [-0.4, -0.2) is 11.9 Å². The fourth-order valence-corrected chi connectivity index (χ4v) is 1.64. The van der Waals surface area contributed by atoms with Crippen LogP contribution in [-0.2, 0) is 4.79 Å². The highest BCUT2D eigenvalue weighted by atomic mass is 35.5. The van der Waals surface area contributed by atoms with Crippen molar-refractivity contribution in [2.24, 2.45) is 11.7 Å². The van der Waals surface area contributed by atoms with Crippen LogP contribution in [0.5, 0.6) is 0 Å². The molecule has 0 heterocycles. The van der Waals surface area contributed by atoms with E-state index in [1.807, 2.05) is 13.8 Å². The zero-order valence-electron chi connectivity index (χ0n) is 11.1. The van der Waals surface area contributed by atoms with Crippen LogP contribution in [0.1, 0.15) is 32.4 Å². The predicted molar refractivity (Wildman–Crippen MR) is 73.0 cm³/mol. The molecule has 0 aliphatic carbocycles. The highest BCUT2D eigenvalue weighted by molar-refractivity contribution is 5.85. The van der Waals surface area contributed by atoms with Gasteiger partial charge < -0.3 is 11.1 Å². The minimum Gasteiger partial charge on any atom is -0.348 e. The minimum absolute atomic E-state index is 0. The first-order valence-corrected chi connectivity index (χ1v) is 5.83. The SMILES string of the molecule is CC(C)C(NC(=O)[C@@H](C)N)c1ccc(F)cc1F.Cl. The first-order chi connectivity index (χ1) is 8.32. The van der Waals surface area contributed by atoms with E-state index in [-0.39, 0.29) is 29.8 Å². The Morgan fingerprint density at radius 1 is 1.26 bits per heavy atom. The Kier molecular flexibility index (Phi) is 6.94. The Morgan fingerprint density at radius 2 is 1.84 bits per heavy atom. The molecule has 0 bridgehead atoms. The Bertz CT molecular complexity index is 439. The fraction of sp³-hybridized carbons (Fsp3) is 0.462. The van der Waals surface area contributed by atoms with Gasteiger partial charge >= 0.3 is 0 Å². The molecule has 0 aliphatic heterocycles. The first-order valence-electron chi connectivity index (χ1n) is 5.83. The summed E-state index contributed by atoms with van der Waals surface area (Å²) in [5.41, 5.74) is 5.72. The van der Waals surface area contributed by atoms with Gasteiger partial charge in [-0.25, -0.2) is 8.78 Å². The van der Waals surface area contributed by atoms with Crippen LogP contribution in [0.2, 0.25) is 0 Å². The van der Waals surface area contributed by atoms with E-state index in [1.54, 1.807) is 6.92 Å². The summed E-state index contributed by atoms with van der Waals surface area (Å²) < 4.78 is 26.5. The number of rotatable bonds is 4. The van der Waals surface area contributed by atoms with Crippen LogP contribution in [0, 0.1) is 17.6 Å². The van der Waals surface area contributed by atoms with Crippen LogP contribution in [0.3, 0.4) is 0 Å². The topological polar surface area (TPSA) is 55.1 Å². The van der Waals surface area contributed by atoms with Gasteiger partial charge in [-0.15, -0.1) is 12.4 Å². The molecule has 2 atom stereocenters. The number of halogens is 3. The molecule has 1 aromatic carbocycles. The van der Waals surface area contributed by atoms with Crippen molar-refractivity contribution in [3.8, 4) is 0 Å². The molecule has 0 saturated heterocycles. The molecule has 0 spiro atoms. The van der Waals surface area contributed by atoms with Crippen LogP contribution >= 0.6 is 12.4 Å². The highest BCUT2D eigenvalue weighted by Crippen LogP contribution is 2.24. The Labute approximate surface area is 118 Å². The third-order valence-corrected chi connectivity index (χ3v) is 2.68. The predicted octanol–water partition coefficient (Wildman–Crippen LogP) is 2.55. The Morgan fingerprint density at radius 3 is 2.26 bits per heavy atom. The van der Waals surface area contributed by atoms with Gasteiger partial charge in [0.05, 0.1) is 12.1 Å². The molecule has 1 rings (SSSR count). The highest BCUT2D eigenvalue weighted by Gasteiger charge is 2.22. The van der Waals surface area contributed by atoms with E-state index in [9.17, 15) is 13.6 Å². The fourth-order valence-electron chi connectivity index (χ4n) is 1.64. The molecule has 3 nitrogen and oxygen atoms in total.